The molecule has 1 amide bonds. The Hall–Kier alpha value is -1.83. The van der Waals surface area contributed by atoms with E-state index in [9.17, 15) is 9.18 Å². The lowest BCUT2D eigenvalue weighted by Crippen LogP contribution is -2.53. The van der Waals surface area contributed by atoms with Gasteiger partial charge < -0.3 is 15.4 Å². The number of carbonyl (C=O) groups is 1. The molecule has 1 aromatic carbocycles. The third-order valence-corrected chi connectivity index (χ3v) is 4.59. The average Bonchev–Trinajstić information content (AvgIpc) is 2.97. The van der Waals surface area contributed by atoms with Crippen molar-refractivity contribution >= 4 is 22.4 Å². The Kier molecular flexibility index (Phi) is 5.00. The number of morpholine rings is 1. The Labute approximate surface area is 137 Å². The van der Waals surface area contributed by atoms with Crippen molar-refractivity contribution in [2.24, 2.45) is 0 Å². The van der Waals surface area contributed by atoms with E-state index in [1.54, 1.807) is 18.3 Å². The third kappa shape index (κ3) is 4.13. The van der Waals surface area contributed by atoms with E-state index in [-0.39, 0.29) is 23.9 Å². The summed E-state index contributed by atoms with van der Waals surface area (Å²) in [6.07, 6.45) is 2.23. The van der Waals surface area contributed by atoms with Gasteiger partial charge in [-0.2, -0.15) is 0 Å². The van der Waals surface area contributed by atoms with Gasteiger partial charge >= 0.3 is 0 Å². The maximum Gasteiger partial charge on any atom is 0.245 e. The lowest BCUT2D eigenvalue weighted by molar-refractivity contribution is -0.123. The van der Waals surface area contributed by atoms with Crippen LogP contribution in [-0.2, 0) is 16.0 Å². The van der Waals surface area contributed by atoms with E-state index in [0.29, 0.717) is 24.7 Å². The quantitative estimate of drug-likeness (QED) is 0.899. The van der Waals surface area contributed by atoms with Gasteiger partial charge in [-0.25, -0.2) is 9.37 Å². The molecule has 2 N–H and O–H groups in total. The SMILES string of the molecule is C[C@H]1OCCN[C@@H]1C(=O)Nc1ncc(Cc2ccc(F)cc2)s1. The second kappa shape index (κ2) is 7.16. The summed E-state index contributed by atoms with van der Waals surface area (Å²) in [6, 6.07) is 6.01. The minimum Gasteiger partial charge on any atom is -0.375 e. The van der Waals surface area contributed by atoms with Gasteiger partial charge in [0.2, 0.25) is 5.91 Å². The molecule has 1 saturated heterocycles. The van der Waals surface area contributed by atoms with E-state index >= 15 is 0 Å². The molecule has 7 heteroatoms. The predicted molar refractivity (Wildman–Crippen MR) is 87.2 cm³/mol. The highest BCUT2D eigenvalue weighted by atomic mass is 32.1. The highest BCUT2D eigenvalue weighted by molar-refractivity contribution is 7.15. The molecular formula is C16H18FN3O2S. The minimum absolute atomic E-state index is 0.139. The summed E-state index contributed by atoms with van der Waals surface area (Å²) >= 11 is 1.42. The van der Waals surface area contributed by atoms with Crippen LogP contribution in [0.4, 0.5) is 9.52 Å². The Morgan fingerprint density at radius 3 is 3.00 bits per heavy atom. The van der Waals surface area contributed by atoms with Crippen LogP contribution >= 0.6 is 11.3 Å². The highest BCUT2D eigenvalue weighted by Gasteiger charge is 2.28. The van der Waals surface area contributed by atoms with Gasteiger partial charge in [-0.15, -0.1) is 11.3 Å². The molecule has 0 spiro atoms. The van der Waals surface area contributed by atoms with Crippen LogP contribution in [0, 0.1) is 5.82 Å². The predicted octanol–water partition coefficient (Wildman–Crippen LogP) is 2.19. The number of thiazole rings is 1. The van der Waals surface area contributed by atoms with Crippen molar-refractivity contribution < 1.29 is 13.9 Å². The topological polar surface area (TPSA) is 63.2 Å². The van der Waals surface area contributed by atoms with Crippen molar-refractivity contribution in [2.75, 3.05) is 18.5 Å². The van der Waals surface area contributed by atoms with Gasteiger partial charge in [0, 0.05) is 24.0 Å². The Morgan fingerprint density at radius 1 is 1.48 bits per heavy atom. The standard InChI is InChI=1S/C16H18FN3O2S/c1-10-14(18-6-7-22-10)15(21)20-16-19-9-13(23-16)8-11-2-4-12(17)5-3-11/h2-5,9-10,14,18H,6-8H2,1H3,(H,19,20,21)/t10-,14+/m1/s1. The smallest absolute Gasteiger partial charge is 0.245 e. The van der Waals surface area contributed by atoms with E-state index in [0.717, 1.165) is 10.4 Å². The van der Waals surface area contributed by atoms with Crippen molar-refractivity contribution in [3.63, 3.8) is 0 Å². The van der Waals surface area contributed by atoms with Crippen LogP contribution in [0.5, 0.6) is 0 Å². The number of benzene rings is 1. The monoisotopic (exact) mass is 335 g/mol. The van der Waals surface area contributed by atoms with Crippen molar-refractivity contribution in [3.05, 3.63) is 46.7 Å². The number of anilines is 1. The van der Waals surface area contributed by atoms with Gasteiger partial charge in [-0.1, -0.05) is 12.1 Å². The van der Waals surface area contributed by atoms with Gasteiger partial charge in [0.1, 0.15) is 11.9 Å². The molecule has 122 valence electrons. The molecule has 1 aromatic heterocycles. The van der Waals surface area contributed by atoms with E-state index in [1.165, 1.54) is 23.5 Å². The van der Waals surface area contributed by atoms with Gasteiger partial charge in [0.25, 0.3) is 0 Å². The summed E-state index contributed by atoms with van der Waals surface area (Å²) in [6.45, 7) is 3.15. The summed E-state index contributed by atoms with van der Waals surface area (Å²) in [5.74, 6) is -0.387. The molecule has 1 fully saturated rings. The summed E-state index contributed by atoms with van der Waals surface area (Å²) in [4.78, 5) is 17.5. The normalized spacial score (nSPS) is 21.1. The number of hydrogen-bond acceptors (Lipinski definition) is 5. The van der Waals surface area contributed by atoms with Gasteiger partial charge in [0.15, 0.2) is 5.13 Å². The van der Waals surface area contributed by atoms with Crippen LogP contribution in [0.15, 0.2) is 30.5 Å². The average molecular weight is 335 g/mol. The first-order valence-electron chi connectivity index (χ1n) is 7.47. The number of halogens is 1. The summed E-state index contributed by atoms with van der Waals surface area (Å²) < 4.78 is 18.4. The molecule has 2 aromatic rings. The number of carbonyl (C=O) groups excluding carboxylic acids is 1. The first-order chi connectivity index (χ1) is 11.1. The molecule has 1 aliphatic heterocycles. The number of hydrogen-bond donors (Lipinski definition) is 2. The second-order valence-corrected chi connectivity index (χ2v) is 6.55. The number of amides is 1. The first kappa shape index (κ1) is 16.0. The number of ether oxygens (including phenoxy) is 1. The fourth-order valence-electron chi connectivity index (χ4n) is 2.46. The maximum atomic E-state index is 12.9. The molecule has 2 heterocycles. The Bertz CT molecular complexity index is 674. The molecule has 0 unspecified atom stereocenters. The molecule has 3 rings (SSSR count). The van der Waals surface area contributed by atoms with Gasteiger partial charge in [0.05, 0.1) is 12.7 Å². The molecule has 0 aliphatic carbocycles. The minimum atomic E-state index is -0.367. The fourth-order valence-corrected chi connectivity index (χ4v) is 3.31. The molecule has 23 heavy (non-hydrogen) atoms. The largest absolute Gasteiger partial charge is 0.375 e. The second-order valence-electron chi connectivity index (χ2n) is 5.43. The van der Waals surface area contributed by atoms with Crippen LogP contribution in [0.1, 0.15) is 17.4 Å². The van der Waals surface area contributed by atoms with Gasteiger partial charge in [-0.05, 0) is 24.6 Å². The zero-order chi connectivity index (χ0) is 16.2. The lowest BCUT2D eigenvalue weighted by Gasteiger charge is -2.28. The van der Waals surface area contributed by atoms with Crippen LogP contribution in [0.3, 0.4) is 0 Å². The van der Waals surface area contributed by atoms with Crippen LogP contribution in [0.2, 0.25) is 0 Å². The van der Waals surface area contributed by atoms with Crippen molar-refractivity contribution in [1.82, 2.24) is 10.3 Å². The van der Waals surface area contributed by atoms with E-state index in [1.807, 2.05) is 6.92 Å². The highest BCUT2D eigenvalue weighted by Crippen LogP contribution is 2.22. The van der Waals surface area contributed by atoms with Crippen molar-refractivity contribution in [1.29, 1.82) is 0 Å². The number of nitrogens with one attached hydrogen (secondary N) is 2. The molecule has 0 bridgehead atoms. The molecule has 0 saturated carbocycles. The maximum absolute atomic E-state index is 12.9. The van der Waals surface area contributed by atoms with Gasteiger partial charge in [-0.3, -0.25) is 4.79 Å². The first-order valence-corrected chi connectivity index (χ1v) is 8.28. The molecule has 2 atom stereocenters. The number of nitrogens with zero attached hydrogens (tertiary/aromatic N) is 1. The number of aromatic nitrogens is 1. The summed E-state index contributed by atoms with van der Waals surface area (Å²) in [7, 11) is 0. The Morgan fingerprint density at radius 2 is 2.26 bits per heavy atom. The number of rotatable bonds is 4. The van der Waals surface area contributed by atoms with Crippen LogP contribution in [0.25, 0.3) is 0 Å². The van der Waals surface area contributed by atoms with Crippen molar-refractivity contribution in [3.8, 4) is 0 Å². The van der Waals surface area contributed by atoms with E-state index in [2.05, 4.69) is 15.6 Å². The molecule has 0 radical (unpaired) electrons. The lowest BCUT2D eigenvalue weighted by atomic mass is 10.1. The molecular weight excluding hydrogens is 317 g/mol. The van der Waals surface area contributed by atoms with E-state index < -0.39 is 0 Å². The van der Waals surface area contributed by atoms with Crippen LogP contribution < -0.4 is 10.6 Å². The Balaban J connectivity index is 1.60. The van der Waals surface area contributed by atoms with E-state index in [4.69, 9.17) is 4.74 Å². The fraction of sp³-hybridized carbons (Fsp3) is 0.375. The summed E-state index contributed by atoms with van der Waals surface area (Å²) in [5.41, 5.74) is 1.00. The van der Waals surface area contributed by atoms with Crippen LogP contribution in [-0.4, -0.2) is 36.2 Å². The zero-order valence-corrected chi connectivity index (χ0v) is 13.5. The zero-order valence-electron chi connectivity index (χ0n) is 12.7. The molecule has 5 nitrogen and oxygen atoms in total. The van der Waals surface area contributed by atoms with Crippen molar-refractivity contribution in [2.45, 2.75) is 25.5 Å². The summed E-state index contributed by atoms with van der Waals surface area (Å²) in [5, 5.41) is 6.53. The third-order valence-electron chi connectivity index (χ3n) is 3.67. The molecule has 1 aliphatic rings.